The molecule has 0 saturated carbocycles. The summed E-state index contributed by atoms with van der Waals surface area (Å²) in [6.45, 7) is 2.16. The predicted octanol–water partition coefficient (Wildman–Crippen LogP) is 3.21. The van der Waals surface area contributed by atoms with Crippen molar-refractivity contribution < 1.29 is 8.42 Å². The monoisotopic (exact) mass is 294 g/mol. The number of hydrogen-bond acceptors (Lipinski definition) is 3. The topological polar surface area (TPSA) is 58.2 Å². The van der Waals surface area contributed by atoms with Gasteiger partial charge in [-0.05, 0) is 50.3 Å². The molecule has 0 aromatic heterocycles. The standard InChI is InChI=1S/C15H22N2O2S/c1-12(10-13-6-3-4-7-13)16-14-8-5-9-15(11-14)17-20(2,18)19/h3,5-6,8-9,11-13,16-17H,4,7,10H2,1-2H3. The molecule has 0 heterocycles. The van der Waals surface area contributed by atoms with Gasteiger partial charge in [-0.2, -0.15) is 0 Å². The number of allylic oxidation sites excluding steroid dienone is 2. The van der Waals surface area contributed by atoms with Gasteiger partial charge in [-0.25, -0.2) is 8.42 Å². The highest BCUT2D eigenvalue weighted by molar-refractivity contribution is 7.92. The van der Waals surface area contributed by atoms with E-state index in [4.69, 9.17) is 0 Å². The van der Waals surface area contributed by atoms with Gasteiger partial charge in [0.2, 0.25) is 10.0 Å². The van der Waals surface area contributed by atoms with Crippen LogP contribution in [0.4, 0.5) is 11.4 Å². The molecule has 0 amide bonds. The summed E-state index contributed by atoms with van der Waals surface area (Å²) in [7, 11) is -3.23. The second kappa shape index (κ2) is 6.31. The minimum atomic E-state index is -3.23. The molecule has 20 heavy (non-hydrogen) atoms. The van der Waals surface area contributed by atoms with Crippen molar-refractivity contribution in [3.05, 3.63) is 36.4 Å². The SMILES string of the molecule is CC(CC1C=CCC1)Nc1cccc(NS(C)(=O)=O)c1. The Morgan fingerprint density at radius 1 is 1.35 bits per heavy atom. The quantitative estimate of drug-likeness (QED) is 0.792. The van der Waals surface area contributed by atoms with E-state index in [0.29, 0.717) is 17.6 Å². The number of rotatable bonds is 6. The van der Waals surface area contributed by atoms with Crippen LogP contribution in [0.5, 0.6) is 0 Å². The van der Waals surface area contributed by atoms with Crippen LogP contribution in [0.2, 0.25) is 0 Å². The normalized spacial score (nSPS) is 19.8. The fraction of sp³-hybridized carbons (Fsp3) is 0.467. The van der Waals surface area contributed by atoms with Gasteiger partial charge < -0.3 is 5.32 Å². The first-order chi connectivity index (χ1) is 9.42. The second-order valence-electron chi connectivity index (χ2n) is 5.50. The van der Waals surface area contributed by atoms with Crippen molar-refractivity contribution in [3.8, 4) is 0 Å². The summed E-state index contributed by atoms with van der Waals surface area (Å²) in [6.07, 6.45) is 9.21. The highest BCUT2D eigenvalue weighted by Crippen LogP contribution is 2.24. The molecule has 0 fully saturated rings. The van der Waals surface area contributed by atoms with Crippen LogP contribution in [0.25, 0.3) is 0 Å². The molecule has 2 N–H and O–H groups in total. The Morgan fingerprint density at radius 3 is 2.75 bits per heavy atom. The predicted molar refractivity (Wildman–Crippen MR) is 84.5 cm³/mol. The zero-order valence-corrected chi connectivity index (χ0v) is 12.8. The molecule has 2 atom stereocenters. The van der Waals surface area contributed by atoms with Crippen LogP contribution in [-0.4, -0.2) is 20.7 Å². The summed E-state index contributed by atoms with van der Waals surface area (Å²) >= 11 is 0. The molecule has 2 unspecified atom stereocenters. The minimum absolute atomic E-state index is 0.358. The summed E-state index contributed by atoms with van der Waals surface area (Å²) < 4.78 is 24.9. The van der Waals surface area contributed by atoms with Crippen LogP contribution >= 0.6 is 0 Å². The largest absolute Gasteiger partial charge is 0.383 e. The summed E-state index contributed by atoms with van der Waals surface area (Å²) in [6, 6.07) is 7.72. The van der Waals surface area contributed by atoms with Crippen molar-refractivity contribution in [1.82, 2.24) is 0 Å². The minimum Gasteiger partial charge on any atom is -0.383 e. The summed E-state index contributed by atoms with van der Waals surface area (Å²) in [5, 5.41) is 3.43. The van der Waals surface area contributed by atoms with Gasteiger partial charge in [0.25, 0.3) is 0 Å². The van der Waals surface area contributed by atoms with E-state index in [1.807, 2.05) is 18.2 Å². The Morgan fingerprint density at radius 2 is 2.10 bits per heavy atom. The number of hydrogen-bond donors (Lipinski definition) is 2. The molecule has 0 radical (unpaired) electrons. The molecule has 0 spiro atoms. The number of sulfonamides is 1. The highest BCUT2D eigenvalue weighted by Gasteiger charge is 2.13. The lowest BCUT2D eigenvalue weighted by Gasteiger charge is -2.18. The van der Waals surface area contributed by atoms with Gasteiger partial charge >= 0.3 is 0 Å². The summed E-state index contributed by atoms with van der Waals surface area (Å²) in [5.74, 6) is 0.662. The Hall–Kier alpha value is -1.49. The molecule has 2 rings (SSSR count). The first-order valence-electron chi connectivity index (χ1n) is 6.93. The summed E-state index contributed by atoms with van der Waals surface area (Å²) in [4.78, 5) is 0. The molecule has 1 aromatic carbocycles. The Balaban J connectivity index is 1.94. The molecule has 0 bridgehead atoms. The zero-order chi connectivity index (χ0) is 14.6. The van der Waals surface area contributed by atoms with E-state index >= 15 is 0 Å². The molecular formula is C15H22N2O2S. The fourth-order valence-corrected chi connectivity index (χ4v) is 3.13. The van der Waals surface area contributed by atoms with Crippen LogP contribution in [0.15, 0.2) is 36.4 Å². The van der Waals surface area contributed by atoms with E-state index in [1.165, 1.54) is 12.8 Å². The maximum Gasteiger partial charge on any atom is 0.229 e. The van der Waals surface area contributed by atoms with Gasteiger partial charge in [0, 0.05) is 11.7 Å². The van der Waals surface area contributed by atoms with Gasteiger partial charge in [-0.3, -0.25) is 4.72 Å². The third-order valence-corrected chi connectivity index (χ3v) is 3.95. The van der Waals surface area contributed by atoms with Gasteiger partial charge in [-0.15, -0.1) is 0 Å². The summed E-state index contributed by atoms with van der Waals surface area (Å²) in [5.41, 5.74) is 1.53. The van der Waals surface area contributed by atoms with Crippen molar-refractivity contribution in [2.75, 3.05) is 16.3 Å². The van der Waals surface area contributed by atoms with Crippen LogP contribution in [0.3, 0.4) is 0 Å². The van der Waals surface area contributed by atoms with Gasteiger partial charge in [0.15, 0.2) is 0 Å². The number of nitrogens with one attached hydrogen (secondary N) is 2. The maximum absolute atomic E-state index is 11.2. The van der Waals surface area contributed by atoms with E-state index in [9.17, 15) is 8.42 Å². The molecule has 4 nitrogen and oxygen atoms in total. The molecule has 1 aromatic rings. The lowest BCUT2D eigenvalue weighted by molar-refractivity contribution is 0.536. The molecule has 1 aliphatic carbocycles. The zero-order valence-electron chi connectivity index (χ0n) is 12.0. The van der Waals surface area contributed by atoms with Crippen molar-refractivity contribution >= 4 is 21.4 Å². The van der Waals surface area contributed by atoms with Crippen LogP contribution < -0.4 is 10.0 Å². The third kappa shape index (κ3) is 4.89. The van der Waals surface area contributed by atoms with Crippen LogP contribution in [0, 0.1) is 5.92 Å². The fourth-order valence-electron chi connectivity index (χ4n) is 2.58. The molecule has 1 aliphatic rings. The molecule has 110 valence electrons. The Kier molecular flexibility index (Phi) is 4.70. The Bertz CT molecular complexity index is 581. The second-order valence-corrected chi connectivity index (χ2v) is 7.25. The average molecular weight is 294 g/mol. The lowest BCUT2D eigenvalue weighted by Crippen LogP contribution is -2.18. The van der Waals surface area contributed by atoms with E-state index in [2.05, 4.69) is 29.1 Å². The van der Waals surface area contributed by atoms with Crippen molar-refractivity contribution in [2.24, 2.45) is 5.92 Å². The molecule has 5 heteroatoms. The third-order valence-electron chi connectivity index (χ3n) is 3.35. The van der Waals surface area contributed by atoms with Crippen molar-refractivity contribution in [1.29, 1.82) is 0 Å². The number of anilines is 2. The first-order valence-corrected chi connectivity index (χ1v) is 8.82. The van der Waals surface area contributed by atoms with Crippen LogP contribution in [-0.2, 0) is 10.0 Å². The van der Waals surface area contributed by atoms with E-state index in [1.54, 1.807) is 6.07 Å². The highest BCUT2D eigenvalue weighted by atomic mass is 32.2. The lowest BCUT2D eigenvalue weighted by atomic mass is 10.0. The van der Waals surface area contributed by atoms with E-state index < -0.39 is 10.0 Å². The van der Waals surface area contributed by atoms with Crippen molar-refractivity contribution in [3.63, 3.8) is 0 Å². The molecule has 0 aliphatic heterocycles. The van der Waals surface area contributed by atoms with E-state index in [0.717, 1.165) is 18.4 Å². The van der Waals surface area contributed by atoms with E-state index in [-0.39, 0.29) is 0 Å². The average Bonchev–Trinajstić information content (AvgIpc) is 2.79. The smallest absolute Gasteiger partial charge is 0.229 e. The van der Waals surface area contributed by atoms with Crippen molar-refractivity contribution in [2.45, 2.75) is 32.2 Å². The molecular weight excluding hydrogens is 272 g/mol. The Labute approximate surface area is 121 Å². The maximum atomic E-state index is 11.2. The first kappa shape index (κ1) is 14.9. The number of benzene rings is 1. The van der Waals surface area contributed by atoms with Gasteiger partial charge in [-0.1, -0.05) is 18.2 Å². The van der Waals surface area contributed by atoms with Gasteiger partial charge in [0.05, 0.1) is 11.9 Å². The van der Waals surface area contributed by atoms with Crippen LogP contribution in [0.1, 0.15) is 26.2 Å². The molecule has 0 saturated heterocycles. The van der Waals surface area contributed by atoms with Gasteiger partial charge in [0.1, 0.15) is 0 Å².